The molecule has 0 aliphatic carbocycles. The molecular weight excluding hydrogens is 276 g/mol. The van der Waals surface area contributed by atoms with E-state index in [0.29, 0.717) is 10.7 Å². The van der Waals surface area contributed by atoms with Crippen LogP contribution in [0.2, 0.25) is 0 Å². The molecule has 0 unspecified atom stereocenters. The summed E-state index contributed by atoms with van der Waals surface area (Å²) in [5, 5.41) is 3.14. The topological polar surface area (TPSA) is 90.1 Å². The summed E-state index contributed by atoms with van der Waals surface area (Å²) < 4.78 is 5.04. The number of amides is 1. The van der Waals surface area contributed by atoms with E-state index in [9.17, 15) is 4.79 Å². The monoisotopic (exact) mass is 288 g/mol. The number of thiazole rings is 1. The molecule has 6 nitrogen and oxygen atoms in total. The molecule has 2 aromatic heterocycles. The van der Waals surface area contributed by atoms with Crippen LogP contribution in [0.1, 0.15) is 15.2 Å². The van der Waals surface area contributed by atoms with Gasteiger partial charge in [-0.2, -0.15) is 0 Å². The Balaban J connectivity index is 2.13. The Morgan fingerprint density at radius 1 is 1.55 bits per heavy atom. The number of ether oxygens (including phenoxy) is 1. The molecule has 0 aromatic carbocycles. The molecular formula is C13H12N4O2S. The van der Waals surface area contributed by atoms with Gasteiger partial charge in [0.05, 0.1) is 24.7 Å². The lowest BCUT2D eigenvalue weighted by molar-refractivity contribution is 0.102. The summed E-state index contributed by atoms with van der Waals surface area (Å²) in [4.78, 5) is 20.9. The van der Waals surface area contributed by atoms with Gasteiger partial charge >= 0.3 is 0 Å². The molecule has 0 spiro atoms. The molecule has 2 aromatic rings. The van der Waals surface area contributed by atoms with Crippen molar-refractivity contribution >= 4 is 22.4 Å². The van der Waals surface area contributed by atoms with Crippen LogP contribution in [0.15, 0.2) is 24.5 Å². The lowest BCUT2D eigenvalue weighted by Crippen LogP contribution is -2.13. The number of methoxy groups -OCH3 is 1. The number of hydrogen-bond acceptors (Lipinski definition) is 6. The second-order valence-corrected chi connectivity index (χ2v) is 4.58. The van der Waals surface area contributed by atoms with E-state index in [0.717, 1.165) is 4.88 Å². The predicted molar refractivity (Wildman–Crippen MR) is 76.8 cm³/mol. The normalized spacial score (nSPS) is 9.50. The van der Waals surface area contributed by atoms with Crippen molar-refractivity contribution in [2.45, 2.75) is 0 Å². The summed E-state index contributed by atoms with van der Waals surface area (Å²) in [6.07, 6.45) is 3.14. The largest absolute Gasteiger partial charge is 0.480 e. The number of anilines is 1. The lowest BCUT2D eigenvalue weighted by Gasteiger charge is -2.05. The first-order valence-corrected chi connectivity index (χ1v) is 6.51. The zero-order chi connectivity index (χ0) is 14.4. The van der Waals surface area contributed by atoms with Crippen molar-refractivity contribution in [3.63, 3.8) is 0 Å². The van der Waals surface area contributed by atoms with Crippen molar-refractivity contribution in [3.05, 3.63) is 35.0 Å². The minimum Gasteiger partial charge on any atom is -0.480 e. The van der Waals surface area contributed by atoms with E-state index >= 15 is 0 Å². The molecule has 0 aliphatic heterocycles. The standard InChI is InChI=1S/C13H12N4O2S/c1-19-12-10(5-3-7-15-12)11(18)17-13-16-8-9(20-13)4-2-6-14/h3,5,7-8H,6,14H2,1H3,(H,16,17,18). The molecule has 2 rings (SSSR count). The fourth-order valence-electron chi connectivity index (χ4n) is 1.42. The van der Waals surface area contributed by atoms with E-state index in [2.05, 4.69) is 27.1 Å². The molecule has 0 aliphatic rings. The Hall–Kier alpha value is -2.43. The molecule has 0 fully saturated rings. The molecule has 0 saturated heterocycles. The third-order valence-corrected chi connectivity index (χ3v) is 3.08. The van der Waals surface area contributed by atoms with Crippen molar-refractivity contribution in [1.29, 1.82) is 0 Å². The maximum Gasteiger partial charge on any atom is 0.262 e. The summed E-state index contributed by atoms with van der Waals surface area (Å²) in [6.45, 7) is 0.284. The summed E-state index contributed by atoms with van der Waals surface area (Å²) in [7, 11) is 1.46. The van der Waals surface area contributed by atoms with Gasteiger partial charge in [0.25, 0.3) is 5.91 Å². The number of rotatable bonds is 3. The number of nitrogens with zero attached hydrogens (tertiary/aromatic N) is 2. The Bertz CT molecular complexity index is 672. The summed E-state index contributed by atoms with van der Waals surface area (Å²) >= 11 is 1.28. The first-order chi connectivity index (χ1) is 9.74. The second-order valence-electron chi connectivity index (χ2n) is 3.55. The van der Waals surface area contributed by atoms with Crippen LogP contribution >= 0.6 is 11.3 Å². The first kappa shape index (κ1) is 14.0. The molecule has 3 N–H and O–H groups in total. The van der Waals surface area contributed by atoms with Crippen LogP contribution in [0.4, 0.5) is 5.13 Å². The number of hydrogen-bond donors (Lipinski definition) is 2. The third kappa shape index (κ3) is 3.32. The lowest BCUT2D eigenvalue weighted by atomic mass is 10.2. The highest BCUT2D eigenvalue weighted by atomic mass is 32.1. The van der Waals surface area contributed by atoms with E-state index < -0.39 is 0 Å². The van der Waals surface area contributed by atoms with Crippen molar-refractivity contribution in [3.8, 4) is 17.7 Å². The van der Waals surface area contributed by atoms with Crippen LogP contribution < -0.4 is 15.8 Å². The summed E-state index contributed by atoms with van der Waals surface area (Å²) in [5.41, 5.74) is 5.64. The summed E-state index contributed by atoms with van der Waals surface area (Å²) in [5.74, 6) is 5.52. The molecule has 102 valence electrons. The zero-order valence-corrected chi connectivity index (χ0v) is 11.5. The van der Waals surface area contributed by atoms with E-state index in [-0.39, 0.29) is 18.3 Å². The Kier molecular flexibility index (Phi) is 4.65. The van der Waals surface area contributed by atoms with Crippen LogP contribution in [0.3, 0.4) is 0 Å². The van der Waals surface area contributed by atoms with Gasteiger partial charge in [0, 0.05) is 6.20 Å². The van der Waals surface area contributed by atoms with Gasteiger partial charge in [-0.3, -0.25) is 10.1 Å². The average Bonchev–Trinajstić information content (AvgIpc) is 2.92. The van der Waals surface area contributed by atoms with E-state index in [1.807, 2.05) is 0 Å². The number of nitrogens with two attached hydrogens (primary N) is 1. The Labute approximate surface area is 120 Å². The highest BCUT2D eigenvalue weighted by Crippen LogP contribution is 2.20. The van der Waals surface area contributed by atoms with Crippen LogP contribution in [0.25, 0.3) is 0 Å². The van der Waals surface area contributed by atoms with Gasteiger partial charge in [-0.1, -0.05) is 23.2 Å². The highest BCUT2D eigenvalue weighted by molar-refractivity contribution is 7.16. The Morgan fingerprint density at radius 3 is 3.15 bits per heavy atom. The number of aromatic nitrogens is 2. The SMILES string of the molecule is COc1ncccc1C(=O)Nc1ncc(C#CCN)s1. The van der Waals surface area contributed by atoms with Gasteiger partial charge in [0.2, 0.25) is 5.88 Å². The fraction of sp³-hybridized carbons (Fsp3) is 0.154. The number of carbonyl (C=O) groups excluding carboxylic acids is 1. The smallest absolute Gasteiger partial charge is 0.262 e. The molecule has 1 amide bonds. The zero-order valence-electron chi connectivity index (χ0n) is 10.7. The van der Waals surface area contributed by atoms with Crippen LogP contribution in [0, 0.1) is 11.8 Å². The van der Waals surface area contributed by atoms with E-state index in [1.54, 1.807) is 24.5 Å². The van der Waals surface area contributed by atoms with Crippen molar-refractivity contribution in [2.24, 2.45) is 5.73 Å². The fourth-order valence-corrected chi connectivity index (χ4v) is 2.10. The minimum absolute atomic E-state index is 0.268. The van der Waals surface area contributed by atoms with E-state index in [4.69, 9.17) is 10.5 Å². The highest BCUT2D eigenvalue weighted by Gasteiger charge is 2.14. The van der Waals surface area contributed by atoms with Crippen molar-refractivity contribution < 1.29 is 9.53 Å². The molecule has 2 heterocycles. The maximum absolute atomic E-state index is 12.1. The van der Waals surface area contributed by atoms with Gasteiger partial charge in [-0.05, 0) is 12.1 Å². The quantitative estimate of drug-likeness (QED) is 0.826. The van der Waals surface area contributed by atoms with Gasteiger partial charge < -0.3 is 10.5 Å². The van der Waals surface area contributed by atoms with Gasteiger partial charge in [-0.25, -0.2) is 9.97 Å². The van der Waals surface area contributed by atoms with Gasteiger partial charge in [0.15, 0.2) is 5.13 Å². The van der Waals surface area contributed by atoms with E-state index in [1.165, 1.54) is 18.4 Å². The number of pyridine rings is 1. The first-order valence-electron chi connectivity index (χ1n) is 5.69. The number of nitrogens with one attached hydrogen (secondary N) is 1. The molecule has 0 radical (unpaired) electrons. The average molecular weight is 288 g/mol. The molecule has 0 bridgehead atoms. The van der Waals surface area contributed by atoms with Gasteiger partial charge in [-0.15, -0.1) is 0 Å². The molecule has 7 heteroatoms. The van der Waals surface area contributed by atoms with Crippen molar-refractivity contribution in [1.82, 2.24) is 9.97 Å². The van der Waals surface area contributed by atoms with Crippen molar-refractivity contribution in [2.75, 3.05) is 19.0 Å². The third-order valence-electron chi connectivity index (χ3n) is 2.25. The maximum atomic E-state index is 12.1. The molecule has 0 saturated carbocycles. The van der Waals surface area contributed by atoms with Crippen LogP contribution in [0.5, 0.6) is 5.88 Å². The second kappa shape index (κ2) is 6.65. The predicted octanol–water partition coefficient (Wildman–Crippen LogP) is 1.11. The Morgan fingerprint density at radius 2 is 2.40 bits per heavy atom. The number of carbonyl (C=O) groups is 1. The molecule has 20 heavy (non-hydrogen) atoms. The summed E-state index contributed by atoms with van der Waals surface area (Å²) in [6, 6.07) is 3.29. The minimum atomic E-state index is -0.331. The van der Waals surface area contributed by atoms with Crippen LogP contribution in [-0.4, -0.2) is 29.5 Å². The van der Waals surface area contributed by atoms with Gasteiger partial charge in [0.1, 0.15) is 5.56 Å². The van der Waals surface area contributed by atoms with Crippen LogP contribution in [-0.2, 0) is 0 Å². The molecule has 0 atom stereocenters.